The van der Waals surface area contributed by atoms with E-state index in [9.17, 15) is 0 Å². The number of aryl methyl sites for hydroxylation is 1. The molecule has 0 atom stereocenters. The summed E-state index contributed by atoms with van der Waals surface area (Å²) in [6.45, 7) is 7.95. The van der Waals surface area contributed by atoms with Crippen molar-refractivity contribution in [2.24, 2.45) is 0 Å². The highest BCUT2D eigenvalue weighted by atomic mass is 16.3. The topological polar surface area (TPSA) is 26.0 Å². The molecule has 0 bridgehead atoms. The Morgan fingerprint density at radius 1 is 1.50 bits per heavy atom. The van der Waals surface area contributed by atoms with Gasteiger partial charge < -0.3 is 4.42 Å². The largest absolute Gasteiger partial charge is 0.441 e. The van der Waals surface area contributed by atoms with E-state index in [-0.39, 0.29) is 0 Å². The molecule has 2 heteroatoms. The van der Waals surface area contributed by atoms with E-state index in [4.69, 9.17) is 4.42 Å². The highest BCUT2D eigenvalue weighted by Gasteiger charge is 1.98. The predicted molar refractivity (Wildman–Crippen MR) is 59.2 cm³/mol. The van der Waals surface area contributed by atoms with Crippen molar-refractivity contribution < 1.29 is 4.42 Å². The second-order valence-electron chi connectivity index (χ2n) is 3.21. The normalized spacial score (nSPS) is 12.9. The molecule has 1 rings (SSSR count). The van der Waals surface area contributed by atoms with Crippen molar-refractivity contribution in [1.82, 2.24) is 4.98 Å². The Hall–Kier alpha value is -1.31. The molecule has 2 nitrogen and oxygen atoms in total. The number of rotatable bonds is 4. The fourth-order valence-electron chi connectivity index (χ4n) is 1.16. The molecule has 0 aromatic carbocycles. The standard InChI is InChI=1S/C12H17NO/c1-4-6-8-11-10(3)13-12(14-11)9-7-5-2/h4,6,8H,3,5,7,9H2,1-2H3/b6-4-,11-8+. The first-order chi connectivity index (χ1) is 6.77. The van der Waals surface area contributed by atoms with E-state index in [1.807, 2.05) is 25.2 Å². The summed E-state index contributed by atoms with van der Waals surface area (Å²) in [5.41, 5.74) is 0.772. The first-order valence-electron chi connectivity index (χ1n) is 5.05. The molecule has 0 aliphatic carbocycles. The summed E-state index contributed by atoms with van der Waals surface area (Å²) < 4.78 is 5.54. The molecular formula is C12H17NO. The maximum Gasteiger partial charge on any atom is 0.195 e. The maximum atomic E-state index is 5.54. The average molecular weight is 191 g/mol. The number of oxazole rings is 1. The number of hydrogen-bond acceptors (Lipinski definition) is 2. The molecule has 0 amide bonds. The Morgan fingerprint density at radius 3 is 2.93 bits per heavy atom. The monoisotopic (exact) mass is 191 g/mol. The second kappa shape index (κ2) is 5.43. The van der Waals surface area contributed by atoms with E-state index in [1.165, 1.54) is 0 Å². The van der Waals surface area contributed by atoms with Gasteiger partial charge in [0.05, 0.1) is 0 Å². The van der Waals surface area contributed by atoms with Gasteiger partial charge in [-0.2, -0.15) is 0 Å². The quantitative estimate of drug-likeness (QED) is 0.725. The number of allylic oxidation sites excluding steroid dienone is 2. The van der Waals surface area contributed by atoms with Crippen LogP contribution in [0.15, 0.2) is 16.6 Å². The van der Waals surface area contributed by atoms with Crippen molar-refractivity contribution in [2.75, 3.05) is 0 Å². The Balaban J connectivity index is 2.88. The van der Waals surface area contributed by atoms with Crippen LogP contribution in [0.25, 0.3) is 12.7 Å². The Morgan fingerprint density at radius 2 is 2.29 bits per heavy atom. The number of hydrogen-bond donors (Lipinski definition) is 0. The Kier molecular flexibility index (Phi) is 4.17. The SMILES string of the molecule is C=c1nc(CCCC)o/c1=C/C=C\C. The summed E-state index contributed by atoms with van der Waals surface area (Å²) in [5, 5.41) is 0.731. The minimum absolute atomic E-state index is 0.731. The van der Waals surface area contributed by atoms with Crippen LogP contribution in [-0.2, 0) is 6.42 Å². The molecular weight excluding hydrogens is 174 g/mol. The minimum atomic E-state index is 0.731. The Bertz CT molecular complexity index is 400. The number of nitrogens with zero attached hydrogens (tertiary/aromatic N) is 1. The van der Waals surface area contributed by atoms with E-state index in [1.54, 1.807) is 0 Å². The zero-order chi connectivity index (χ0) is 10.4. The van der Waals surface area contributed by atoms with Crippen LogP contribution in [-0.4, -0.2) is 4.98 Å². The lowest BCUT2D eigenvalue weighted by atomic mass is 10.2. The molecule has 0 N–H and O–H groups in total. The van der Waals surface area contributed by atoms with Gasteiger partial charge in [0.25, 0.3) is 0 Å². The zero-order valence-corrected chi connectivity index (χ0v) is 8.92. The van der Waals surface area contributed by atoms with Gasteiger partial charge in [-0.3, -0.25) is 0 Å². The molecule has 1 aromatic rings. The van der Waals surface area contributed by atoms with Crippen LogP contribution < -0.4 is 10.8 Å². The van der Waals surface area contributed by atoms with Gasteiger partial charge in [-0.25, -0.2) is 4.98 Å². The highest BCUT2D eigenvalue weighted by molar-refractivity contribution is 5.32. The molecule has 14 heavy (non-hydrogen) atoms. The van der Waals surface area contributed by atoms with Crippen LogP contribution in [0.1, 0.15) is 32.6 Å². The molecule has 0 aliphatic heterocycles. The summed E-state index contributed by atoms with van der Waals surface area (Å²) in [7, 11) is 0. The van der Waals surface area contributed by atoms with Crippen molar-refractivity contribution in [2.45, 2.75) is 33.1 Å². The van der Waals surface area contributed by atoms with Crippen molar-refractivity contribution in [1.29, 1.82) is 0 Å². The number of aromatic nitrogens is 1. The van der Waals surface area contributed by atoms with Gasteiger partial charge in [0.15, 0.2) is 11.3 Å². The Labute approximate surface area is 84.7 Å². The van der Waals surface area contributed by atoms with Crippen LogP contribution in [0.4, 0.5) is 0 Å². The summed E-state index contributed by atoms with van der Waals surface area (Å²) in [6.07, 6.45) is 8.95. The highest BCUT2D eigenvalue weighted by Crippen LogP contribution is 1.96. The number of unbranched alkanes of at least 4 members (excludes halogenated alkanes) is 1. The van der Waals surface area contributed by atoms with Crippen molar-refractivity contribution in [3.05, 3.63) is 28.8 Å². The van der Waals surface area contributed by atoms with Crippen LogP contribution in [0.3, 0.4) is 0 Å². The third-order valence-corrected chi connectivity index (χ3v) is 1.96. The van der Waals surface area contributed by atoms with E-state index < -0.39 is 0 Å². The lowest BCUT2D eigenvalue weighted by Crippen LogP contribution is -2.19. The third kappa shape index (κ3) is 2.87. The van der Waals surface area contributed by atoms with Gasteiger partial charge in [-0.1, -0.05) is 32.1 Å². The molecule has 0 aliphatic rings. The van der Waals surface area contributed by atoms with Gasteiger partial charge in [0.1, 0.15) is 5.35 Å². The fourth-order valence-corrected chi connectivity index (χ4v) is 1.16. The average Bonchev–Trinajstić information content (AvgIpc) is 2.53. The van der Waals surface area contributed by atoms with Gasteiger partial charge in [-0.15, -0.1) is 0 Å². The van der Waals surface area contributed by atoms with Gasteiger partial charge in [0, 0.05) is 6.42 Å². The van der Waals surface area contributed by atoms with E-state index >= 15 is 0 Å². The predicted octanol–water partition coefficient (Wildman–Crippen LogP) is 1.78. The van der Waals surface area contributed by atoms with Crippen molar-refractivity contribution in [3.63, 3.8) is 0 Å². The molecule has 0 saturated carbocycles. The summed E-state index contributed by atoms with van der Waals surface area (Å²) in [6, 6.07) is 0. The first kappa shape index (κ1) is 10.8. The van der Waals surface area contributed by atoms with E-state index in [0.29, 0.717) is 0 Å². The lowest BCUT2D eigenvalue weighted by Gasteiger charge is -1.89. The smallest absolute Gasteiger partial charge is 0.195 e. The van der Waals surface area contributed by atoms with E-state index in [2.05, 4.69) is 18.5 Å². The molecule has 0 fully saturated rings. The van der Waals surface area contributed by atoms with E-state index in [0.717, 1.165) is 35.9 Å². The summed E-state index contributed by atoms with van der Waals surface area (Å²) in [5.74, 6) is 0.799. The maximum absolute atomic E-state index is 5.54. The lowest BCUT2D eigenvalue weighted by molar-refractivity contribution is 0.462. The fraction of sp³-hybridized carbons (Fsp3) is 0.417. The zero-order valence-electron chi connectivity index (χ0n) is 8.92. The second-order valence-corrected chi connectivity index (χ2v) is 3.21. The van der Waals surface area contributed by atoms with Crippen LogP contribution in [0.2, 0.25) is 0 Å². The third-order valence-electron chi connectivity index (χ3n) is 1.96. The van der Waals surface area contributed by atoms with Crippen LogP contribution in [0.5, 0.6) is 0 Å². The molecule has 0 unspecified atom stereocenters. The first-order valence-corrected chi connectivity index (χ1v) is 5.05. The summed E-state index contributed by atoms with van der Waals surface area (Å²) >= 11 is 0. The van der Waals surface area contributed by atoms with Crippen LogP contribution in [0, 0.1) is 0 Å². The van der Waals surface area contributed by atoms with Gasteiger partial charge in [-0.05, 0) is 19.4 Å². The molecule has 1 heterocycles. The van der Waals surface area contributed by atoms with Crippen molar-refractivity contribution >= 4 is 12.7 Å². The van der Waals surface area contributed by atoms with Crippen LogP contribution >= 0.6 is 0 Å². The minimum Gasteiger partial charge on any atom is -0.441 e. The molecule has 76 valence electrons. The van der Waals surface area contributed by atoms with Gasteiger partial charge >= 0.3 is 0 Å². The summed E-state index contributed by atoms with van der Waals surface area (Å²) in [4.78, 5) is 4.26. The van der Waals surface area contributed by atoms with Gasteiger partial charge in [0.2, 0.25) is 0 Å². The molecule has 1 aromatic heterocycles. The molecule has 0 radical (unpaired) electrons. The molecule has 0 saturated heterocycles. The van der Waals surface area contributed by atoms with Crippen molar-refractivity contribution in [3.8, 4) is 0 Å². The molecule has 0 spiro atoms.